The molecule has 2 nitrogen and oxygen atoms in total. The lowest BCUT2D eigenvalue weighted by Gasteiger charge is -2.41. The Balaban J connectivity index is 2.01. The summed E-state index contributed by atoms with van der Waals surface area (Å²) in [4.78, 5) is 2.15. The number of nitrogens with two attached hydrogens (primary N) is 1. The van der Waals surface area contributed by atoms with E-state index in [1.54, 1.807) is 18.2 Å². The molecular formula is C17H21FN2. The van der Waals surface area contributed by atoms with Crippen molar-refractivity contribution < 1.29 is 4.39 Å². The van der Waals surface area contributed by atoms with Crippen LogP contribution >= 0.6 is 0 Å². The van der Waals surface area contributed by atoms with Crippen LogP contribution in [-0.2, 0) is 0 Å². The second kappa shape index (κ2) is 5.15. The molecule has 0 saturated heterocycles. The number of nitrogens with zero attached hydrogens (tertiary/aromatic N) is 1. The van der Waals surface area contributed by atoms with Crippen molar-refractivity contribution in [2.45, 2.75) is 36.6 Å². The van der Waals surface area contributed by atoms with Crippen LogP contribution in [0.2, 0.25) is 0 Å². The van der Waals surface area contributed by atoms with Gasteiger partial charge in [0.25, 0.3) is 0 Å². The largest absolute Gasteiger partial charge is 0.321 e. The van der Waals surface area contributed by atoms with E-state index in [4.69, 9.17) is 5.73 Å². The molecule has 2 N–H and O–H groups in total. The molecule has 1 aromatic carbocycles. The normalized spacial score (nSPS) is 30.7. The Morgan fingerprint density at radius 3 is 2.55 bits per heavy atom. The maximum absolute atomic E-state index is 15.7. The van der Waals surface area contributed by atoms with Gasteiger partial charge in [-0.1, -0.05) is 48.6 Å². The first-order valence-corrected chi connectivity index (χ1v) is 7.20. The van der Waals surface area contributed by atoms with Crippen LogP contribution in [-0.4, -0.2) is 29.7 Å². The Morgan fingerprint density at radius 1 is 1.25 bits per heavy atom. The molecule has 2 aliphatic carbocycles. The number of hydrogen-bond donors (Lipinski definition) is 1. The number of rotatable bonds is 4. The third-order valence-corrected chi connectivity index (χ3v) is 4.36. The summed E-state index contributed by atoms with van der Waals surface area (Å²) in [5, 5.41) is 0. The van der Waals surface area contributed by atoms with E-state index in [0.29, 0.717) is 6.04 Å². The average molecular weight is 272 g/mol. The van der Waals surface area contributed by atoms with E-state index < -0.39 is 11.7 Å². The lowest BCUT2D eigenvalue weighted by atomic mass is 9.81. The van der Waals surface area contributed by atoms with Crippen molar-refractivity contribution in [3.63, 3.8) is 0 Å². The molecule has 20 heavy (non-hydrogen) atoms. The van der Waals surface area contributed by atoms with E-state index in [2.05, 4.69) is 4.90 Å². The van der Waals surface area contributed by atoms with Crippen molar-refractivity contribution in [2.24, 2.45) is 5.73 Å². The first-order valence-electron chi connectivity index (χ1n) is 7.20. The molecule has 0 aliphatic heterocycles. The molecule has 3 rings (SSSR count). The minimum Gasteiger partial charge on any atom is -0.321 e. The minimum atomic E-state index is -1.56. The van der Waals surface area contributed by atoms with Gasteiger partial charge in [0.05, 0.1) is 12.1 Å². The molecule has 0 amide bonds. The summed E-state index contributed by atoms with van der Waals surface area (Å²) in [7, 11) is 2.01. The van der Waals surface area contributed by atoms with Gasteiger partial charge in [0.2, 0.25) is 0 Å². The van der Waals surface area contributed by atoms with E-state index in [9.17, 15) is 0 Å². The summed E-state index contributed by atoms with van der Waals surface area (Å²) in [5.41, 5.74) is 5.49. The number of allylic oxidation sites excluding steroid dienone is 2. The first-order chi connectivity index (χ1) is 9.63. The maximum Gasteiger partial charge on any atom is 0.167 e. The number of alkyl halides is 1. The van der Waals surface area contributed by atoms with Crippen LogP contribution in [0.1, 0.15) is 24.4 Å². The highest BCUT2D eigenvalue weighted by atomic mass is 19.1. The van der Waals surface area contributed by atoms with Crippen molar-refractivity contribution in [2.75, 3.05) is 7.05 Å². The topological polar surface area (TPSA) is 29.3 Å². The van der Waals surface area contributed by atoms with Crippen LogP contribution in [0.15, 0.2) is 54.6 Å². The van der Waals surface area contributed by atoms with Gasteiger partial charge in [-0.05, 0) is 31.5 Å². The van der Waals surface area contributed by atoms with Crippen molar-refractivity contribution >= 4 is 0 Å². The highest BCUT2D eigenvalue weighted by Gasteiger charge is 2.48. The summed E-state index contributed by atoms with van der Waals surface area (Å²) in [6, 6.07) is 9.37. The molecule has 3 unspecified atom stereocenters. The zero-order valence-corrected chi connectivity index (χ0v) is 11.7. The molecule has 1 aromatic rings. The summed E-state index contributed by atoms with van der Waals surface area (Å²) < 4.78 is 15.7. The molecule has 0 aromatic heterocycles. The molecule has 0 bridgehead atoms. The average Bonchev–Trinajstić information content (AvgIpc) is 3.28. The zero-order valence-electron chi connectivity index (χ0n) is 11.7. The smallest absolute Gasteiger partial charge is 0.167 e. The molecule has 106 valence electrons. The highest BCUT2D eigenvalue weighted by Crippen LogP contribution is 2.43. The predicted molar refractivity (Wildman–Crippen MR) is 80.1 cm³/mol. The van der Waals surface area contributed by atoms with Gasteiger partial charge in [0, 0.05) is 6.04 Å². The van der Waals surface area contributed by atoms with E-state index in [-0.39, 0.29) is 6.04 Å². The Bertz CT molecular complexity index is 521. The van der Waals surface area contributed by atoms with Crippen LogP contribution in [0.25, 0.3) is 0 Å². The summed E-state index contributed by atoms with van der Waals surface area (Å²) >= 11 is 0. The van der Waals surface area contributed by atoms with Crippen molar-refractivity contribution in [1.82, 2.24) is 4.90 Å². The highest BCUT2D eigenvalue weighted by molar-refractivity contribution is 5.33. The fourth-order valence-corrected chi connectivity index (χ4v) is 3.05. The fourth-order valence-electron chi connectivity index (χ4n) is 3.05. The molecule has 0 heterocycles. The zero-order chi connectivity index (χ0) is 14.2. The first kappa shape index (κ1) is 13.5. The Labute approximate surface area is 119 Å². The van der Waals surface area contributed by atoms with Gasteiger partial charge in [-0.25, -0.2) is 4.39 Å². The van der Waals surface area contributed by atoms with E-state index in [0.717, 1.165) is 18.4 Å². The number of halogens is 1. The monoisotopic (exact) mass is 272 g/mol. The molecule has 1 fully saturated rings. The molecule has 1 saturated carbocycles. The van der Waals surface area contributed by atoms with Crippen LogP contribution in [0.4, 0.5) is 4.39 Å². The maximum atomic E-state index is 15.7. The molecule has 3 atom stereocenters. The Kier molecular flexibility index (Phi) is 3.48. The van der Waals surface area contributed by atoms with Crippen molar-refractivity contribution in [3.8, 4) is 0 Å². The lowest BCUT2D eigenvalue weighted by molar-refractivity contribution is 0.0588. The molecular weight excluding hydrogens is 251 g/mol. The van der Waals surface area contributed by atoms with E-state index in [1.807, 2.05) is 43.5 Å². The van der Waals surface area contributed by atoms with Gasteiger partial charge >= 0.3 is 0 Å². The molecule has 0 radical (unpaired) electrons. The Morgan fingerprint density at radius 2 is 1.95 bits per heavy atom. The molecule has 0 spiro atoms. The SMILES string of the molecule is CN(C1CC1)C(c1ccccc1)C1(F)C=CC=CC1N. The number of benzene rings is 1. The second-order valence-corrected chi connectivity index (χ2v) is 5.81. The quantitative estimate of drug-likeness (QED) is 0.913. The minimum absolute atomic E-state index is 0.340. The third kappa shape index (κ3) is 2.32. The van der Waals surface area contributed by atoms with Gasteiger partial charge in [-0.15, -0.1) is 0 Å². The standard InChI is InChI=1S/C17H21FN2/c1-20(14-10-11-14)16(13-7-3-2-4-8-13)17(18)12-6-5-9-15(17)19/h2-9,12,14-16H,10-11,19H2,1H3. The summed E-state index contributed by atoms with van der Waals surface area (Å²) in [5.74, 6) is 0. The molecule has 3 heteroatoms. The summed E-state index contributed by atoms with van der Waals surface area (Å²) in [6.45, 7) is 0. The van der Waals surface area contributed by atoms with E-state index in [1.165, 1.54) is 0 Å². The summed E-state index contributed by atoms with van der Waals surface area (Å²) in [6.07, 6.45) is 9.24. The van der Waals surface area contributed by atoms with Gasteiger partial charge in [0.1, 0.15) is 0 Å². The third-order valence-electron chi connectivity index (χ3n) is 4.36. The second-order valence-electron chi connectivity index (χ2n) is 5.81. The van der Waals surface area contributed by atoms with Crippen LogP contribution < -0.4 is 5.73 Å². The van der Waals surface area contributed by atoms with Gasteiger partial charge in [-0.3, -0.25) is 4.90 Å². The predicted octanol–water partition coefficient (Wildman–Crippen LogP) is 2.98. The van der Waals surface area contributed by atoms with Gasteiger partial charge < -0.3 is 5.73 Å². The van der Waals surface area contributed by atoms with Crippen LogP contribution in [0.3, 0.4) is 0 Å². The van der Waals surface area contributed by atoms with Crippen LogP contribution in [0, 0.1) is 0 Å². The fraction of sp³-hybridized carbons (Fsp3) is 0.412. The van der Waals surface area contributed by atoms with Crippen molar-refractivity contribution in [3.05, 3.63) is 60.2 Å². The van der Waals surface area contributed by atoms with Gasteiger partial charge in [0.15, 0.2) is 5.67 Å². The van der Waals surface area contributed by atoms with Crippen molar-refractivity contribution in [1.29, 1.82) is 0 Å². The number of hydrogen-bond acceptors (Lipinski definition) is 2. The van der Waals surface area contributed by atoms with E-state index >= 15 is 4.39 Å². The molecule has 2 aliphatic rings. The Hall–Kier alpha value is -1.45. The van der Waals surface area contributed by atoms with Gasteiger partial charge in [-0.2, -0.15) is 0 Å². The van der Waals surface area contributed by atoms with Crippen LogP contribution in [0.5, 0.6) is 0 Å². The lowest BCUT2D eigenvalue weighted by Crippen LogP contribution is -2.52.